The third-order valence-corrected chi connectivity index (χ3v) is 4.98. The smallest absolute Gasteiger partial charge is 0.244 e. The number of hydrogen-bond donors (Lipinski definition) is 2. The molecule has 1 atom stereocenters. The normalized spacial score (nSPS) is 12.6. The predicted molar refractivity (Wildman–Crippen MR) is 100 cm³/mol. The number of aliphatic hydroxyl groups excluding tert-OH is 1. The standard InChI is InChI=1S/C19H16ClNO2S/c20-16-7-3-1-5-13(16)9-10-19(23)21-11-17(22)15-12-24-18-8-4-2-6-14(15)18/h1-10,12,17,22H,11H2,(H,21,23)/b10-9+. The van der Waals surface area contributed by atoms with Crippen molar-refractivity contribution in [1.29, 1.82) is 0 Å². The maximum atomic E-state index is 11.9. The number of carbonyl (C=O) groups is 1. The van der Waals surface area contributed by atoms with Gasteiger partial charge in [-0.3, -0.25) is 4.79 Å². The molecule has 1 amide bonds. The highest BCUT2D eigenvalue weighted by atomic mass is 35.5. The molecule has 0 fully saturated rings. The van der Waals surface area contributed by atoms with Gasteiger partial charge in [0.25, 0.3) is 0 Å². The molecule has 2 aromatic carbocycles. The number of nitrogens with one attached hydrogen (secondary N) is 1. The average Bonchev–Trinajstić information content (AvgIpc) is 3.03. The van der Waals surface area contributed by atoms with Crippen molar-refractivity contribution in [3.05, 3.63) is 76.1 Å². The van der Waals surface area contributed by atoms with Crippen molar-refractivity contribution >= 4 is 45.0 Å². The molecule has 1 unspecified atom stereocenters. The summed E-state index contributed by atoms with van der Waals surface area (Å²) in [6.45, 7) is 0.159. The molecule has 0 bridgehead atoms. The third kappa shape index (κ3) is 3.85. The Morgan fingerprint density at radius 3 is 2.79 bits per heavy atom. The van der Waals surface area contributed by atoms with Gasteiger partial charge in [0.05, 0.1) is 6.10 Å². The van der Waals surface area contributed by atoms with E-state index in [0.717, 1.165) is 21.2 Å². The largest absolute Gasteiger partial charge is 0.387 e. The van der Waals surface area contributed by atoms with E-state index in [1.165, 1.54) is 6.08 Å². The summed E-state index contributed by atoms with van der Waals surface area (Å²) in [5, 5.41) is 16.6. The Balaban J connectivity index is 1.61. The van der Waals surface area contributed by atoms with Gasteiger partial charge < -0.3 is 10.4 Å². The average molecular weight is 358 g/mol. The van der Waals surface area contributed by atoms with Crippen LogP contribution in [0.5, 0.6) is 0 Å². The summed E-state index contributed by atoms with van der Waals surface area (Å²) >= 11 is 7.62. The van der Waals surface area contributed by atoms with Crippen molar-refractivity contribution in [3.63, 3.8) is 0 Å². The summed E-state index contributed by atoms with van der Waals surface area (Å²) in [4.78, 5) is 11.9. The second-order valence-electron chi connectivity index (χ2n) is 5.30. The van der Waals surface area contributed by atoms with Gasteiger partial charge in [0.2, 0.25) is 5.91 Å². The van der Waals surface area contributed by atoms with E-state index in [2.05, 4.69) is 5.32 Å². The van der Waals surface area contributed by atoms with Gasteiger partial charge in [-0.05, 0) is 34.5 Å². The molecule has 24 heavy (non-hydrogen) atoms. The minimum Gasteiger partial charge on any atom is -0.387 e. The van der Waals surface area contributed by atoms with Gasteiger partial charge >= 0.3 is 0 Å². The molecule has 0 aliphatic rings. The van der Waals surface area contributed by atoms with Gasteiger partial charge in [-0.2, -0.15) is 0 Å². The van der Waals surface area contributed by atoms with Gasteiger partial charge in [-0.1, -0.05) is 48.0 Å². The highest BCUT2D eigenvalue weighted by Crippen LogP contribution is 2.29. The maximum Gasteiger partial charge on any atom is 0.244 e. The van der Waals surface area contributed by atoms with Crippen LogP contribution in [0, 0.1) is 0 Å². The molecule has 3 rings (SSSR count). The van der Waals surface area contributed by atoms with E-state index in [1.54, 1.807) is 23.5 Å². The van der Waals surface area contributed by atoms with E-state index < -0.39 is 6.10 Å². The Hall–Kier alpha value is -2.14. The molecule has 3 nitrogen and oxygen atoms in total. The first kappa shape index (κ1) is 16.7. The van der Waals surface area contributed by atoms with E-state index in [9.17, 15) is 9.90 Å². The summed E-state index contributed by atoms with van der Waals surface area (Å²) in [5.74, 6) is -0.270. The zero-order chi connectivity index (χ0) is 16.9. The van der Waals surface area contributed by atoms with Crippen LogP contribution in [-0.2, 0) is 4.79 Å². The Kier molecular flexibility index (Phi) is 5.30. The van der Waals surface area contributed by atoms with Crippen molar-refractivity contribution in [1.82, 2.24) is 5.32 Å². The number of hydrogen-bond acceptors (Lipinski definition) is 3. The number of thiophene rings is 1. The summed E-state index contributed by atoms with van der Waals surface area (Å²) < 4.78 is 1.12. The quantitative estimate of drug-likeness (QED) is 0.664. The van der Waals surface area contributed by atoms with E-state index >= 15 is 0 Å². The lowest BCUT2D eigenvalue weighted by Gasteiger charge is -2.10. The highest BCUT2D eigenvalue weighted by molar-refractivity contribution is 7.17. The van der Waals surface area contributed by atoms with Crippen molar-refractivity contribution in [3.8, 4) is 0 Å². The minimum absolute atomic E-state index is 0.159. The number of amides is 1. The van der Waals surface area contributed by atoms with Crippen LogP contribution in [-0.4, -0.2) is 17.6 Å². The van der Waals surface area contributed by atoms with Crippen LogP contribution >= 0.6 is 22.9 Å². The van der Waals surface area contributed by atoms with Crippen LogP contribution in [0.15, 0.2) is 60.0 Å². The van der Waals surface area contributed by atoms with Gasteiger partial charge in [-0.15, -0.1) is 11.3 Å². The van der Waals surface area contributed by atoms with E-state index in [0.29, 0.717) is 5.02 Å². The molecule has 3 aromatic rings. The van der Waals surface area contributed by atoms with Crippen LogP contribution in [0.2, 0.25) is 5.02 Å². The van der Waals surface area contributed by atoms with Crippen molar-refractivity contribution in [2.75, 3.05) is 6.54 Å². The molecule has 0 saturated heterocycles. The lowest BCUT2D eigenvalue weighted by molar-refractivity contribution is -0.116. The van der Waals surface area contributed by atoms with Crippen LogP contribution in [0.3, 0.4) is 0 Å². The molecule has 122 valence electrons. The summed E-state index contributed by atoms with van der Waals surface area (Å²) in [5.41, 5.74) is 1.62. The first-order valence-corrected chi connectivity index (χ1v) is 8.75. The number of rotatable bonds is 5. The van der Waals surface area contributed by atoms with Gasteiger partial charge in [-0.25, -0.2) is 0 Å². The fourth-order valence-corrected chi connectivity index (χ4v) is 3.60. The minimum atomic E-state index is -0.737. The van der Waals surface area contributed by atoms with Crippen LogP contribution in [0.4, 0.5) is 0 Å². The summed E-state index contributed by atoms with van der Waals surface area (Å²) in [6, 6.07) is 15.2. The van der Waals surface area contributed by atoms with E-state index in [-0.39, 0.29) is 12.5 Å². The Morgan fingerprint density at radius 2 is 1.96 bits per heavy atom. The zero-order valence-electron chi connectivity index (χ0n) is 12.8. The third-order valence-electron chi connectivity index (χ3n) is 3.66. The first-order chi connectivity index (χ1) is 11.6. The monoisotopic (exact) mass is 357 g/mol. The first-order valence-electron chi connectivity index (χ1n) is 7.50. The molecular formula is C19H16ClNO2S. The molecular weight excluding hydrogens is 342 g/mol. The number of halogens is 1. The molecule has 0 aliphatic carbocycles. The predicted octanol–water partition coefficient (Wildman–Crippen LogP) is 4.42. The molecule has 2 N–H and O–H groups in total. The van der Waals surface area contributed by atoms with E-state index in [1.807, 2.05) is 47.8 Å². The molecule has 0 radical (unpaired) electrons. The van der Waals surface area contributed by atoms with Crippen LogP contribution in [0.25, 0.3) is 16.2 Å². The number of benzene rings is 2. The second kappa shape index (κ2) is 7.62. The topological polar surface area (TPSA) is 49.3 Å². The lowest BCUT2D eigenvalue weighted by atomic mass is 10.1. The molecule has 0 aliphatic heterocycles. The lowest BCUT2D eigenvalue weighted by Crippen LogP contribution is -2.26. The molecule has 0 spiro atoms. The summed E-state index contributed by atoms with van der Waals surface area (Å²) in [6.07, 6.45) is 2.34. The van der Waals surface area contributed by atoms with Crippen molar-refractivity contribution < 1.29 is 9.90 Å². The van der Waals surface area contributed by atoms with Crippen LogP contribution in [0.1, 0.15) is 17.2 Å². The van der Waals surface area contributed by atoms with Gasteiger partial charge in [0.15, 0.2) is 0 Å². The second-order valence-corrected chi connectivity index (χ2v) is 6.62. The maximum absolute atomic E-state index is 11.9. The van der Waals surface area contributed by atoms with Gasteiger partial charge in [0, 0.05) is 27.9 Å². The Bertz CT molecular complexity index is 888. The van der Waals surface area contributed by atoms with Gasteiger partial charge in [0.1, 0.15) is 0 Å². The van der Waals surface area contributed by atoms with Crippen molar-refractivity contribution in [2.45, 2.75) is 6.10 Å². The Labute approximate surface area is 149 Å². The molecule has 5 heteroatoms. The zero-order valence-corrected chi connectivity index (χ0v) is 14.3. The fourth-order valence-electron chi connectivity index (χ4n) is 2.40. The highest BCUT2D eigenvalue weighted by Gasteiger charge is 2.13. The van der Waals surface area contributed by atoms with E-state index in [4.69, 9.17) is 11.6 Å². The molecule has 1 aromatic heterocycles. The summed E-state index contributed by atoms with van der Waals surface area (Å²) in [7, 11) is 0. The number of carbonyl (C=O) groups excluding carboxylic acids is 1. The van der Waals surface area contributed by atoms with Crippen LogP contribution < -0.4 is 5.32 Å². The Morgan fingerprint density at radius 1 is 1.21 bits per heavy atom. The molecule has 1 heterocycles. The van der Waals surface area contributed by atoms with Crippen molar-refractivity contribution in [2.24, 2.45) is 0 Å². The molecule has 0 saturated carbocycles. The fraction of sp³-hybridized carbons (Fsp3) is 0.105. The SMILES string of the molecule is O=C(/C=C/c1ccccc1Cl)NCC(O)c1csc2ccccc12. The number of fused-ring (bicyclic) bond motifs is 1. The number of aliphatic hydroxyl groups is 1.